The fourth-order valence-electron chi connectivity index (χ4n) is 5.37. The molecule has 3 amide bonds. The van der Waals surface area contributed by atoms with Gasteiger partial charge >= 0.3 is 6.09 Å². The molecule has 2 saturated heterocycles. The zero-order chi connectivity index (χ0) is 21.2. The summed E-state index contributed by atoms with van der Waals surface area (Å²) in [7, 11) is 0. The summed E-state index contributed by atoms with van der Waals surface area (Å²) < 4.78 is 20.4. The number of halogens is 1. The van der Waals surface area contributed by atoms with Gasteiger partial charge in [-0.1, -0.05) is 13.0 Å². The lowest BCUT2D eigenvalue weighted by atomic mass is 9.99. The van der Waals surface area contributed by atoms with Crippen LogP contribution in [0.3, 0.4) is 0 Å². The number of nitrogens with one attached hydrogen (secondary N) is 1. The fourth-order valence-corrected chi connectivity index (χ4v) is 5.37. The molecule has 2 unspecified atom stereocenters. The van der Waals surface area contributed by atoms with Crippen molar-refractivity contribution in [1.82, 2.24) is 10.2 Å². The molecule has 4 aliphatic rings. The molecule has 0 aromatic heterocycles. The summed E-state index contributed by atoms with van der Waals surface area (Å²) in [6.07, 6.45) is -0.0686. The molecule has 4 atom stereocenters. The smallest absolute Gasteiger partial charge is 0.415 e. The third-order valence-electron chi connectivity index (χ3n) is 6.96. The number of anilines is 1. The Kier molecular flexibility index (Phi) is 4.46. The van der Waals surface area contributed by atoms with Crippen LogP contribution in [0.2, 0.25) is 0 Å². The van der Waals surface area contributed by atoms with Crippen molar-refractivity contribution in [3.8, 4) is 0 Å². The van der Waals surface area contributed by atoms with E-state index in [-0.39, 0.29) is 48.0 Å². The first-order valence-corrected chi connectivity index (χ1v) is 10.4. The molecule has 8 nitrogen and oxygen atoms in total. The van der Waals surface area contributed by atoms with Crippen molar-refractivity contribution in [3.63, 3.8) is 0 Å². The zero-order valence-electron chi connectivity index (χ0n) is 16.6. The van der Waals surface area contributed by atoms with E-state index in [1.807, 2.05) is 6.07 Å². The van der Waals surface area contributed by atoms with E-state index in [1.54, 1.807) is 11.8 Å². The number of rotatable bonds is 5. The Hall–Kier alpha value is -2.68. The van der Waals surface area contributed by atoms with Crippen molar-refractivity contribution in [3.05, 3.63) is 29.1 Å². The second-order valence-electron chi connectivity index (χ2n) is 8.53. The molecule has 0 radical (unpaired) electrons. The number of aliphatic hydroxyl groups is 1. The van der Waals surface area contributed by atoms with Crippen LogP contribution in [0.5, 0.6) is 0 Å². The van der Waals surface area contributed by atoms with Crippen LogP contribution in [-0.2, 0) is 20.7 Å². The number of hydrogen-bond donors (Lipinski definition) is 2. The Balaban J connectivity index is 1.32. The first kappa shape index (κ1) is 19.3. The lowest BCUT2D eigenvalue weighted by molar-refractivity contribution is -0.133. The number of hydrogen-bond acceptors (Lipinski definition) is 5. The average molecular weight is 417 g/mol. The van der Waals surface area contributed by atoms with E-state index in [0.29, 0.717) is 37.2 Å². The van der Waals surface area contributed by atoms with E-state index in [1.165, 1.54) is 11.0 Å². The Morgan fingerprint density at radius 1 is 1.30 bits per heavy atom. The lowest BCUT2D eigenvalue weighted by Gasteiger charge is -2.19. The minimum absolute atomic E-state index is 0.0695. The number of likely N-dealkylation sites (tertiary alicyclic amines) is 1. The second kappa shape index (κ2) is 6.94. The van der Waals surface area contributed by atoms with E-state index in [9.17, 15) is 18.8 Å². The van der Waals surface area contributed by atoms with Crippen molar-refractivity contribution in [2.45, 2.75) is 37.8 Å². The Morgan fingerprint density at radius 2 is 2.03 bits per heavy atom. The third kappa shape index (κ3) is 2.86. The van der Waals surface area contributed by atoms with E-state index in [2.05, 4.69) is 5.32 Å². The highest BCUT2D eigenvalue weighted by Gasteiger charge is 2.58. The van der Waals surface area contributed by atoms with Gasteiger partial charge in [0.1, 0.15) is 18.5 Å². The standard InChI is InChI=1S/C21H24FN3O5/c1-2-18(27)23-6-17-16-4-10-3-11(14(22)5-15(10)25(16)21(29)30-17)20-12-7-24(8-13(12)20)19(28)9-26/h3,5,12-13,16-17,20,26H,2,4,6-9H2,1H3,(H,23,27)/t12?,13?,16-,17-,20?/m0/s1. The quantitative estimate of drug-likeness (QED) is 0.737. The van der Waals surface area contributed by atoms with Gasteiger partial charge in [0, 0.05) is 19.5 Å². The topological polar surface area (TPSA) is 99.2 Å². The molecule has 1 aromatic rings. The largest absolute Gasteiger partial charge is 0.442 e. The van der Waals surface area contributed by atoms with Crippen molar-refractivity contribution in [2.75, 3.05) is 31.1 Å². The van der Waals surface area contributed by atoms with Gasteiger partial charge in [-0.15, -0.1) is 0 Å². The Labute approximate surface area is 173 Å². The molecule has 5 rings (SSSR count). The van der Waals surface area contributed by atoms with Gasteiger partial charge in [-0.25, -0.2) is 9.18 Å². The summed E-state index contributed by atoms with van der Waals surface area (Å²) in [4.78, 5) is 38.7. The summed E-state index contributed by atoms with van der Waals surface area (Å²) in [5.41, 5.74) is 2.09. The first-order valence-electron chi connectivity index (χ1n) is 10.4. The molecule has 3 heterocycles. The maximum atomic E-state index is 15.0. The molecule has 1 aliphatic carbocycles. The van der Waals surface area contributed by atoms with Crippen LogP contribution >= 0.6 is 0 Å². The maximum Gasteiger partial charge on any atom is 0.415 e. The van der Waals surface area contributed by atoms with Gasteiger partial charge in [-0.05, 0) is 41.4 Å². The van der Waals surface area contributed by atoms with Crippen LogP contribution in [-0.4, -0.2) is 66.3 Å². The number of aliphatic hydroxyl groups excluding tert-OH is 1. The van der Waals surface area contributed by atoms with Crippen LogP contribution in [0.15, 0.2) is 12.1 Å². The number of ether oxygens (including phenoxy) is 1. The normalized spacial score (nSPS) is 30.6. The molecular formula is C21H24FN3O5. The average Bonchev–Trinajstić information content (AvgIpc) is 3.07. The van der Waals surface area contributed by atoms with E-state index < -0.39 is 18.8 Å². The summed E-state index contributed by atoms with van der Waals surface area (Å²) in [5, 5.41) is 11.8. The highest BCUT2D eigenvalue weighted by molar-refractivity contribution is 5.94. The fraction of sp³-hybridized carbons (Fsp3) is 0.571. The number of benzene rings is 1. The molecule has 0 spiro atoms. The minimum atomic E-state index is -0.511. The molecule has 0 bridgehead atoms. The van der Waals surface area contributed by atoms with E-state index in [0.717, 1.165) is 5.56 Å². The molecule has 2 N–H and O–H groups in total. The number of nitrogens with zero attached hydrogens (tertiary/aromatic N) is 2. The van der Waals surface area contributed by atoms with Gasteiger partial charge in [0.15, 0.2) is 0 Å². The highest BCUT2D eigenvalue weighted by Crippen LogP contribution is 2.59. The van der Waals surface area contributed by atoms with E-state index in [4.69, 9.17) is 9.84 Å². The second-order valence-corrected chi connectivity index (χ2v) is 8.53. The van der Waals surface area contributed by atoms with Gasteiger partial charge in [0.25, 0.3) is 0 Å². The van der Waals surface area contributed by atoms with Crippen LogP contribution in [0.4, 0.5) is 14.9 Å². The molecule has 30 heavy (non-hydrogen) atoms. The number of carbonyl (C=O) groups excluding carboxylic acids is 3. The molecule has 1 saturated carbocycles. The summed E-state index contributed by atoms with van der Waals surface area (Å²) >= 11 is 0. The Bertz CT molecular complexity index is 925. The van der Waals surface area contributed by atoms with Crippen molar-refractivity contribution >= 4 is 23.6 Å². The maximum absolute atomic E-state index is 15.0. The van der Waals surface area contributed by atoms with Crippen LogP contribution in [0.25, 0.3) is 0 Å². The Morgan fingerprint density at radius 3 is 2.70 bits per heavy atom. The summed E-state index contributed by atoms with van der Waals surface area (Å²) in [6.45, 7) is 2.59. The SMILES string of the molecule is CCC(=O)NC[C@@H]1OC(=O)N2c3cc(F)c(C4C5CN(C(=O)CO)CC54)cc3C[C@@H]12. The van der Waals surface area contributed by atoms with Crippen LogP contribution in [0, 0.1) is 17.7 Å². The number of amides is 3. The molecule has 3 aliphatic heterocycles. The third-order valence-corrected chi connectivity index (χ3v) is 6.96. The monoisotopic (exact) mass is 417 g/mol. The first-order chi connectivity index (χ1) is 14.4. The summed E-state index contributed by atoms with van der Waals surface area (Å²) in [5.74, 6) is -0.227. The number of fused-ring (bicyclic) bond motifs is 4. The molecule has 3 fully saturated rings. The predicted octanol–water partition coefficient (Wildman–Crippen LogP) is 0.766. The summed E-state index contributed by atoms with van der Waals surface area (Å²) in [6, 6.07) is 3.03. The number of carbonyl (C=O) groups is 3. The predicted molar refractivity (Wildman–Crippen MR) is 103 cm³/mol. The minimum Gasteiger partial charge on any atom is -0.442 e. The molecule has 9 heteroatoms. The molecular weight excluding hydrogens is 393 g/mol. The molecule has 1 aromatic carbocycles. The van der Waals surface area contributed by atoms with Crippen LogP contribution in [0.1, 0.15) is 30.4 Å². The van der Waals surface area contributed by atoms with E-state index >= 15 is 0 Å². The number of cyclic esters (lactones) is 1. The van der Waals surface area contributed by atoms with Crippen molar-refractivity contribution in [2.24, 2.45) is 11.8 Å². The zero-order valence-corrected chi connectivity index (χ0v) is 16.6. The van der Waals surface area contributed by atoms with Gasteiger partial charge in [-0.3, -0.25) is 14.5 Å². The van der Waals surface area contributed by atoms with Gasteiger partial charge in [0.05, 0.1) is 18.3 Å². The lowest BCUT2D eigenvalue weighted by Crippen LogP contribution is -2.40. The molecule has 160 valence electrons. The van der Waals surface area contributed by atoms with Crippen molar-refractivity contribution < 1.29 is 28.6 Å². The van der Waals surface area contributed by atoms with Gasteiger partial charge in [-0.2, -0.15) is 0 Å². The highest BCUT2D eigenvalue weighted by atomic mass is 19.1. The van der Waals surface area contributed by atoms with Gasteiger partial charge in [0.2, 0.25) is 11.8 Å². The van der Waals surface area contributed by atoms with Crippen molar-refractivity contribution in [1.29, 1.82) is 0 Å². The van der Waals surface area contributed by atoms with Crippen LogP contribution < -0.4 is 10.2 Å². The van der Waals surface area contributed by atoms with Gasteiger partial charge < -0.3 is 20.1 Å². The number of piperidine rings is 1.